The van der Waals surface area contributed by atoms with Gasteiger partial charge in [0.15, 0.2) is 0 Å². The number of nitrogens with zero attached hydrogens (tertiary/aromatic N) is 6. The molecule has 13 heteroatoms. The molecule has 2 N–H and O–H groups in total. The van der Waals surface area contributed by atoms with Crippen LogP contribution in [-0.2, 0) is 9.59 Å². The van der Waals surface area contributed by atoms with Gasteiger partial charge in [-0.3, -0.25) is 0 Å². The van der Waals surface area contributed by atoms with Gasteiger partial charge in [-0.2, -0.15) is 21.0 Å². The molecule has 0 spiro atoms. The second-order valence-corrected chi connectivity index (χ2v) is 17.9. The zero-order valence-electron chi connectivity index (χ0n) is 34.7. The molecule has 0 aliphatic carbocycles. The number of unbranched alkanes of at least 4 members (excludes halogenated alkanes) is 3. The minimum atomic E-state index is -1.30. The van der Waals surface area contributed by atoms with Gasteiger partial charge in [-0.25, -0.2) is 9.59 Å². The van der Waals surface area contributed by atoms with Crippen LogP contribution in [0.4, 0.5) is 22.7 Å². The Bertz CT molecular complexity index is 3040. The van der Waals surface area contributed by atoms with Crippen molar-refractivity contribution < 1.29 is 19.8 Å². The van der Waals surface area contributed by atoms with E-state index in [0.29, 0.717) is 30.7 Å². The molecule has 6 aromatic rings. The second kappa shape index (κ2) is 21.4. The van der Waals surface area contributed by atoms with Crippen LogP contribution < -0.4 is 9.80 Å². The molecule has 1 aliphatic rings. The van der Waals surface area contributed by atoms with Crippen LogP contribution in [-0.4, -0.2) is 35.2 Å². The molecule has 0 atom stereocenters. The number of thiophene rings is 2. The lowest BCUT2D eigenvalue weighted by Crippen LogP contribution is -2.22. The smallest absolute Gasteiger partial charge is 0.346 e. The zero-order chi connectivity index (χ0) is 45.7. The number of carboxylic acids is 2. The Balaban J connectivity index is 0.998. The first-order valence-electron chi connectivity index (χ1n) is 20.4. The van der Waals surface area contributed by atoms with Gasteiger partial charge >= 0.3 is 11.9 Å². The summed E-state index contributed by atoms with van der Waals surface area (Å²) in [6.45, 7) is 1.65. The normalized spacial score (nSPS) is 12.5. The zero-order valence-corrected chi connectivity index (χ0v) is 37.2. The van der Waals surface area contributed by atoms with Crippen LogP contribution in [0.5, 0.6) is 0 Å². The van der Waals surface area contributed by atoms with Crippen molar-refractivity contribution in [3.8, 4) is 24.3 Å². The van der Waals surface area contributed by atoms with Crippen molar-refractivity contribution in [1.29, 1.82) is 21.0 Å². The second-order valence-electron chi connectivity index (χ2n) is 14.6. The standard InChI is InChI=1S/C52H38N6O4S3/c53-31-37(47-22-19-43(63-47)29-39(33-55)51(59)60)26-35-14-17-42(18-15-35)57(41-10-4-3-5-11-41)24-8-1-2-9-25-58-45-12-6-7-13-49(45)65-50-28-36(16-21-46(50)58)27-38(32-54)48-23-20-44(64-48)30-40(34-56)52(61)62/h3-7,10-23,26-30H,1-2,8-9,24-25H2,(H,59,60)(H,61,62)/b37-26-,38-27+,39-29+,40-30+. The van der Waals surface area contributed by atoms with E-state index in [1.54, 1.807) is 54.2 Å². The molecule has 4 aromatic carbocycles. The van der Waals surface area contributed by atoms with E-state index in [0.717, 1.165) is 76.8 Å². The van der Waals surface area contributed by atoms with E-state index >= 15 is 0 Å². The average Bonchev–Trinajstić information content (AvgIpc) is 4.00. The first-order chi connectivity index (χ1) is 31.7. The third kappa shape index (κ3) is 11.2. The van der Waals surface area contributed by atoms with E-state index in [1.165, 1.54) is 40.5 Å². The molecule has 0 fully saturated rings. The Kier molecular flexibility index (Phi) is 14.9. The summed E-state index contributed by atoms with van der Waals surface area (Å²) < 4.78 is 0. The lowest BCUT2D eigenvalue weighted by atomic mass is 10.1. The monoisotopic (exact) mass is 906 g/mol. The molecule has 0 unspecified atom stereocenters. The number of carbonyl (C=O) groups is 2. The summed E-state index contributed by atoms with van der Waals surface area (Å²) in [6, 6.07) is 47.8. The van der Waals surface area contributed by atoms with E-state index in [4.69, 9.17) is 10.5 Å². The van der Waals surface area contributed by atoms with Gasteiger partial charge < -0.3 is 20.0 Å². The summed E-state index contributed by atoms with van der Waals surface area (Å²) in [6.07, 6.45) is 10.3. The highest BCUT2D eigenvalue weighted by molar-refractivity contribution is 7.99. The molecule has 0 saturated heterocycles. The fourth-order valence-corrected chi connectivity index (χ4v) is 10.2. The van der Waals surface area contributed by atoms with Gasteiger partial charge in [0.2, 0.25) is 0 Å². The molecular weight excluding hydrogens is 869 g/mol. The van der Waals surface area contributed by atoms with Gasteiger partial charge in [-0.15, -0.1) is 22.7 Å². The summed E-state index contributed by atoms with van der Waals surface area (Å²) in [7, 11) is 0. The number of para-hydroxylation sites is 2. The predicted octanol–water partition coefficient (Wildman–Crippen LogP) is 12.9. The van der Waals surface area contributed by atoms with E-state index in [1.807, 2.05) is 48.5 Å². The number of fused-ring (bicyclic) bond motifs is 2. The quantitative estimate of drug-likeness (QED) is 0.0506. The van der Waals surface area contributed by atoms with E-state index in [-0.39, 0.29) is 11.1 Å². The predicted molar refractivity (Wildman–Crippen MR) is 260 cm³/mol. The topological polar surface area (TPSA) is 176 Å². The van der Waals surface area contributed by atoms with Gasteiger partial charge in [0, 0.05) is 53.8 Å². The van der Waals surface area contributed by atoms with Crippen LogP contribution in [0.15, 0.2) is 142 Å². The van der Waals surface area contributed by atoms with Crippen molar-refractivity contribution in [2.75, 3.05) is 22.9 Å². The maximum atomic E-state index is 11.3. The Morgan fingerprint density at radius 1 is 0.554 bits per heavy atom. The summed E-state index contributed by atoms with van der Waals surface area (Å²) >= 11 is 4.21. The molecule has 0 amide bonds. The Morgan fingerprint density at radius 2 is 1.09 bits per heavy atom. The lowest BCUT2D eigenvalue weighted by molar-refractivity contribution is -0.133. The van der Waals surface area contributed by atoms with Crippen molar-refractivity contribution in [2.24, 2.45) is 0 Å². The van der Waals surface area contributed by atoms with Crippen LogP contribution in [0.3, 0.4) is 0 Å². The number of benzene rings is 4. The summed E-state index contributed by atoms with van der Waals surface area (Å²) in [4.78, 5) is 32.1. The minimum Gasteiger partial charge on any atom is -0.477 e. The number of allylic oxidation sites excluding steroid dienone is 2. The van der Waals surface area contributed by atoms with Crippen LogP contribution in [0, 0.1) is 45.3 Å². The molecule has 65 heavy (non-hydrogen) atoms. The summed E-state index contributed by atoms with van der Waals surface area (Å²) in [5.74, 6) is -2.59. The highest BCUT2D eigenvalue weighted by Crippen LogP contribution is 2.48. The van der Waals surface area contributed by atoms with Crippen molar-refractivity contribution in [3.63, 3.8) is 0 Å². The molecule has 1 aliphatic heterocycles. The number of hydrogen-bond donors (Lipinski definition) is 2. The highest BCUT2D eigenvalue weighted by Gasteiger charge is 2.23. The third-order valence-corrected chi connectivity index (χ3v) is 13.6. The number of anilines is 4. The van der Waals surface area contributed by atoms with E-state index in [9.17, 15) is 30.3 Å². The van der Waals surface area contributed by atoms with E-state index in [2.05, 4.69) is 76.5 Å². The summed E-state index contributed by atoms with van der Waals surface area (Å²) in [5, 5.41) is 56.8. The minimum absolute atomic E-state index is 0.366. The Labute approximate surface area is 389 Å². The van der Waals surface area contributed by atoms with Crippen molar-refractivity contribution >= 4 is 105 Å². The molecule has 318 valence electrons. The Hall–Kier alpha value is -7.91. The average molecular weight is 907 g/mol. The molecule has 10 nitrogen and oxygen atoms in total. The van der Waals surface area contributed by atoms with Gasteiger partial charge in [0.05, 0.1) is 22.5 Å². The van der Waals surface area contributed by atoms with Gasteiger partial charge in [0.1, 0.15) is 35.4 Å². The first-order valence-corrected chi connectivity index (χ1v) is 22.9. The fourth-order valence-electron chi connectivity index (χ4n) is 7.21. The number of nitriles is 4. The van der Waals surface area contributed by atoms with E-state index < -0.39 is 11.9 Å². The van der Waals surface area contributed by atoms with Crippen molar-refractivity contribution in [2.45, 2.75) is 35.5 Å². The lowest BCUT2D eigenvalue weighted by Gasteiger charge is -2.33. The van der Waals surface area contributed by atoms with Gasteiger partial charge in [-0.05, 0) is 121 Å². The molecule has 0 bridgehead atoms. The molecule has 3 heterocycles. The number of aliphatic carboxylic acids is 2. The molecule has 7 rings (SSSR count). The van der Waals surface area contributed by atoms with Crippen LogP contribution >= 0.6 is 34.4 Å². The van der Waals surface area contributed by atoms with Crippen LogP contribution in [0.25, 0.3) is 35.5 Å². The van der Waals surface area contributed by atoms with Crippen molar-refractivity contribution in [1.82, 2.24) is 0 Å². The van der Waals surface area contributed by atoms with Gasteiger partial charge in [0.25, 0.3) is 0 Å². The van der Waals surface area contributed by atoms with Crippen LogP contribution in [0.1, 0.15) is 56.3 Å². The van der Waals surface area contributed by atoms with Crippen LogP contribution in [0.2, 0.25) is 0 Å². The maximum absolute atomic E-state index is 11.3. The third-order valence-electron chi connectivity index (χ3n) is 10.4. The number of rotatable bonds is 17. The SMILES string of the molecule is N#C/C(=C/c1ccc(N(CCCCCCN2c3ccccc3Sc3cc(/C=C(\C#N)c4ccc(/C=C(\C#N)C(=O)O)s4)ccc32)c2ccccc2)cc1)c1ccc(/C=C(\C#N)C(=O)O)s1. The fraction of sp³-hybridized carbons (Fsp3) is 0.115. The number of carboxylic acid groups (broad SMARTS) is 2. The first kappa shape index (κ1) is 45.1. The molecular formula is C52H38N6O4S3. The molecule has 0 saturated carbocycles. The summed E-state index contributed by atoms with van der Waals surface area (Å²) in [5.41, 5.74) is 6.28. The number of hydrogen-bond acceptors (Lipinski definition) is 11. The molecule has 2 aromatic heterocycles. The maximum Gasteiger partial charge on any atom is 0.346 e. The Morgan fingerprint density at radius 3 is 1.69 bits per heavy atom. The van der Waals surface area contributed by atoms with Crippen molar-refractivity contribution in [3.05, 3.63) is 163 Å². The molecule has 0 radical (unpaired) electrons. The largest absolute Gasteiger partial charge is 0.477 e. The highest BCUT2D eigenvalue weighted by atomic mass is 32.2. The van der Waals surface area contributed by atoms with Gasteiger partial charge in [-0.1, -0.05) is 73.1 Å².